The Morgan fingerprint density at radius 2 is 1.43 bits per heavy atom. The Kier molecular flexibility index (Phi) is 5.58. The van der Waals surface area contributed by atoms with Crippen molar-refractivity contribution in [2.24, 2.45) is 10.7 Å². The van der Waals surface area contributed by atoms with Gasteiger partial charge < -0.3 is 10.5 Å². The van der Waals surface area contributed by atoms with Crippen LogP contribution in [-0.2, 0) is 4.74 Å². The number of anilines is 1. The molecule has 0 saturated carbocycles. The van der Waals surface area contributed by atoms with Crippen LogP contribution in [0.1, 0.15) is 12.8 Å². The monoisotopic (exact) mass is 373 g/mol. The summed E-state index contributed by atoms with van der Waals surface area (Å²) in [6.45, 7) is 1.44. The molecule has 0 radical (unpaired) electrons. The summed E-state index contributed by atoms with van der Waals surface area (Å²) in [5.41, 5.74) is 9.83. The molecule has 28 heavy (non-hydrogen) atoms. The van der Waals surface area contributed by atoms with E-state index in [4.69, 9.17) is 10.5 Å². The number of hydrogen-bond acceptors (Lipinski definition) is 4. The molecule has 6 nitrogen and oxygen atoms in total. The molecule has 0 amide bonds. The maximum absolute atomic E-state index is 6.13. The quantitative estimate of drug-likeness (QED) is 0.538. The van der Waals surface area contributed by atoms with Crippen LogP contribution >= 0.6 is 0 Å². The second kappa shape index (κ2) is 8.63. The summed E-state index contributed by atoms with van der Waals surface area (Å²) < 4.78 is 5.37. The van der Waals surface area contributed by atoms with E-state index in [9.17, 15) is 0 Å². The molecule has 4 rings (SSSR count). The molecule has 1 aliphatic heterocycles. The summed E-state index contributed by atoms with van der Waals surface area (Å²) in [6, 6.07) is 22.2. The van der Waals surface area contributed by atoms with E-state index < -0.39 is 0 Å². The maximum atomic E-state index is 6.13. The third kappa shape index (κ3) is 4.53. The molecule has 0 aliphatic carbocycles. The van der Waals surface area contributed by atoms with Gasteiger partial charge in [-0.15, -0.1) is 0 Å². The van der Waals surface area contributed by atoms with Crippen molar-refractivity contribution < 1.29 is 4.74 Å². The van der Waals surface area contributed by atoms with Gasteiger partial charge in [-0.05, 0) is 18.9 Å². The molecule has 142 valence electrons. The fraction of sp³-hybridized carbons (Fsp3) is 0.227. The summed E-state index contributed by atoms with van der Waals surface area (Å²) in [5, 5.41) is 3.07. The van der Waals surface area contributed by atoms with Gasteiger partial charge in [0.15, 0.2) is 5.96 Å². The van der Waals surface area contributed by atoms with E-state index >= 15 is 0 Å². The molecule has 1 aliphatic rings. The minimum Gasteiger partial charge on any atom is -0.381 e. The van der Waals surface area contributed by atoms with Gasteiger partial charge in [0.2, 0.25) is 5.95 Å². The van der Waals surface area contributed by atoms with E-state index in [-0.39, 0.29) is 6.04 Å². The molecule has 0 atom stereocenters. The number of rotatable bonds is 4. The topological polar surface area (TPSA) is 85.4 Å². The lowest BCUT2D eigenvalue weighted by molar-refractivity contribution is 0.0871. The number of nitrogens with one attached hydrogen (secondary N) is 1. The minimum atomic E-state index is 0.173. The Morgan fingerprint density at radius 1 is 0.893 bits per heavy atom. The molecular weight excluding hydrogens is 350 g/mol. The lowest BCUT2D eigenvalue weighted by atomic mass is 10.1. The summed E-state index contributed by atoms with van der Waals surface area (Å²) in [4.78, 5) is 13.9. The Hall–Kier alpha value is -3.25. The molecule has 2 aromatic carbocycles. The molecule has 2 heterocycles. The normalized spacial score (nSPS) is 15.4. The lowest BCUT2D eigenvalue weighted by Crippen LogP contribution is -2.28. The Labute approximate surface area is 164 Å². The molecule has 0 unspecified atom stereocenters. The lowest BCUT2D eigenvalue weighted by Gasteiger charge is -2.19. The van der Waals surface area contributed by atoms with Crippen LogP contribution in [0.3, 0.4) is 0 Å². The van der Waals surface area contributed by atoms with Gasteiger partial charge in [-0.3, -0.25) is 5.32 Å². The van der Waals surface area contributed by atoms with Gasteiger partial charge in [0.25, 0.3) is 0 Å². The number of guanidine groups is 1. The number of aromatic nitrogens is 2. The van der Waals surface area contributed by atoms with Crippen LogP contribution < -0.4 is 11.1 Å². The maximum Gasteiger partial charge on any atom is 0.230 e. The van der Waals surface area contributed by atoms with Gasteiger partial charge in [0, 0.05) is 24.3 Å². The van der Waals surface area contributed by atoms with Crippen molar-refractivity contribution in [3.8, 4) is 22.5 Å². The Balaban J connectivity index is 1.66. The van der Waals surface area contributed by atoms with Crippen LogP contribution in [0.15, 0.2) is 71.7 Å². The zero-order valence-electron chi connectivity index (χ0n) is 15.6. The molecule has 1 aromatic heterocycles. The third-order valence-electron chi connectivity index (χ3n) is 4.62. The average Bonchev–Trinajstić information content (AvgIpc) is 2.75. The van der Waals surface area contributed by atoms with E-state index in [1.54, 1.807) is 0 Å². The average molecular weight is 373 g/mol. The van der Waals surface area contributed by atoms with Crippen LogP contribution in [0.25, 0.3) is 22.5 Å². The van der Waals surface area contributed by atoms with E-state index in [2.05, 4.69) is 20.3 Å². The first-order valence-electron chi connectivity index (χ1n) is 9.46. The second-order valence-corrected chi connectivity index (χ2v) is 6.68. The zero-order valence-corrected chi connectivity index (χ0v) is 15.6. The van der Waals surface area contributed by atoms with E-state index in [0.29, 0.717) is 11.9 Å². The van der Waals surface area contributed by atoms with Crippen molar-refractivity contribution in [2.75, 3.05) is 18.5 Å². The van der Waals surface area contributed by atoms with Gasteiger partial charge in [-0.25, -0.2) is 15.0 Å². The highest BCUT2D eigenvalue weighted by Gasteiger charge is 2.14. The molecule has 6 heteroatoms. The fourth-order valence-corrected chi connectivity index (χ4v) is 3.17. The summed E-state index contributed by atoms with van der Waals surface area (Å²) in [5.74, 6) is 0.768. The Bertz CT molecular complexity index is 880. The van der Waals surface area contributed by atoms with E-state index in [1.807, 2.05) is 66.7 Å². The number of hydrogen-bond donors (Lipinski definition) is 2. The first-order chi connectivity index (χ1) is 13.8. The first-order valence-corrected chi connectivity index (χ1v) is 9.46. The van der Waals surface area contributed by atoms with Crippen molar-refractivity contribution >= 4 is 11.9 Å². The fourth-order valence-electron chi connectivity index (χ4n) is 3.17. The summed E-state index contributed by atoms with van der Waals surface area (Å²) in [7, 11) is 0. The molecule has 0 spiro atoms. The highest BCUT2D eigenvalue weighted by atomic mass is 16.5. The predicted octanol–water partition coefficient (Wildman–Crippen LogP) is 3.72. The van der Waals surface area contributed by atoms with Crippen molar-refractivity contribution in [1.29, 1.82) is 0 Å². The summed E-state index contributed by atoms with van der Waals surface area (Å²) >= 11 is 0. The number of nitrogens with zero attached hydrogens (tertiary/aromatic N) is 3. The number of aliphatic imine (C=N–C) groups is 1. The summed E-state index contributed by atoms with van der Waals surface area (Å²) in [6.07, 6.45) is 1.76. The number of nitrogens with two attached hydrogens (primary N) is 1. The zero-order chi connectivity index (χ0) is 19.2. The largest absolute Gasteiger partial charge is 0.381 e. The van der Waals surface area contributed by atoms with Gasteiger partial charge in [-0.2, -0.15) is 0 Å². The Morgan fingerprint density at radius 3 is 1.96 bits per heavy atom. The van der Waals surface area contributed by atoms with Crippen molar-refractivity contribution in [3.05, 3.63) is 66.7 Å². The minimum absolute atomic E-state index is 0.173. The van der Waals surface area contributed by atoms with Gasteiger partial charge in [-0.1, -0.05) is 60.7 Å². The molecule has 1 fully saturated rings. The van der Waals surface area contributed by atoms with Gasteiger partial charge in [0.05, 0.1) is 17.4 Å². The van der Waals surface area contributed by atoms with Crippen LogP contribution in [0.5, 0.6) is 0 Å². The third-order valence-corrected chi connectivity index (χ3v) is 4.62. The first kappa shape index (κ1) is 18.1. The molecule has 3 N–H and O–H groups in total. The van der Waals surface area contributed by atoms with E-state index in [0.717, 1.165) is 48.6 Å². The van der Waals surface area contributed by atoms with Crippen LogP contribution in [0, 0.1) is 0 Å². The molecule has 1 saturated heterocycles. The van der Waals surface area contributed by atoms with Gasteiger partial charge in [0.1, 0.15) is 0 Å². The van der Waals surface area contributed by atoms with Crippen LogP contribution in [-0.4, -0.2) is 35.2 Å². The van der Waals surface area contributed by atoms with Gasteiger partial charge >= 0.3 is 0 Å². The number of ether oxygens (including phenoxy) is 1. The van der Waals surface area contributed by atoms with Crippen molar-refractivity contribution in [2.45, 2.75) is 18.9 Å². The van der Waals surface area contributed by atoms with Crippen molar-refractivity contribution in [3.63, 3.8) is 0 Å². The molecule has 0 bridgehead atoms. The number of benzene rings is 2. The second-order valence-electron chi connectivity index (χ2n) is 6.68. The highest BCUT2D eigenvalue weighted by molar-refractivity contribution is 5.91. The SMILES string of the molecule is NC(=NC1CCOCC1)Nc1nc(-c2ccccc2)cc(-c2ccccc2)n1. The molecular formula is C22H23N5O. The van der Waals surface area contributed by atoms with E-state index in [1.165, 1.54) is 0 Å². The highest BCUT2D eigenvalue weighted by Crippen LogP contribution is 2.25. The smallest absolute Gasteiger partial charge is 0.230 e. The molecule has 3 aromatic rings. The van der Waals surface area contributed by atoms with Crippen molar-refractivity contribution in [1.82, 2.24) is 9.97 Å². The van der Waals surface area contributed by atoms with Crippen LogP contribution in [0.4, 0.5) is 5.95 Å². The predicted molar refractivity (Wildman–Crippen MR) is 112 cm³/mol. The standard InChI is InChI=1S/C22H23N5O/c23-21(24-18-11-13-28-14-12-18)27-22-25-19(16-7-3-1-4-8-16)15-20(26-22)17-9-5-2-6-10-17/h1-10,15,18H,11-14H2,(H3,23,24,25,26,27). The van der Waals surface area contributed by atoms with Crippen LogP contribution in [0.2, 0.25) is 0 Å².